The number of fused-ring (bicyclic) bond motifs is 1. The molecule has 1 aliphatic rings. The topological polar surface area (TPSA) is 49.4 Å². The molecule has 0 radical (unpaired) electrons. The Morgan fingerprint density at radius 2 is 1.86 bits per heavy atom. The third-order valence-electron chi connectivity index (χ3n) is 3.67. The normalized spacial score (nSPS) is 16.9. The van der Waals surface area contributed by atoms with Crippen LogP contribution >= 0.6 is 11.6 Å². The van der Waals surface area contributed by atoms with Gasteiger partial charge in [0.1, 0.15) is 6.04 Å². The molecule has 0 bridgehead atoms. The van der Waals surface area contributed by atoms with Gasteiger partial charge in [0.05, 0.1) is 17.9 Å². The number of rotatable bonds is 3. The van der Waals surface area contributed by atoms with Crippen LogP contribution in [-0.2, 0) is 4.79 Å². The zero-order valence-corrected chi connectivity index (χ0v) is 12.8. The Morgan fingerprint density at radius 1 is 1.18 bits per heavy atom. The summed E-state index contributed by atoms with van der Waals surface area (Å²) in [5, 5.41) is 3.72. The maximum atomic E-state index is 12.4. The van der Waals surface area contributed by atoms with Gasteiger partial charge in [-0.05, 0) is 43.3 Å². The molecule has 22 heavy (non-hydrogen) atoms. The molecule has 1 atom stereocenters. The average molecular weight is 315 g/mol. The molecular formula is C17H15ClN2O2. The highest BCUT2D eigenvalue weighted by molar-refractivity contribution is 6.30. The summed E-state index contributed by atoms with van der Waals surface area (Å²) in [6.45, 7) is 1.81. The molecule has 4 nitrogen and oxygen atoms in total. The van der Waals surface area contributed by atoms with Crippen molar-refractivity contribution in [2.24, 2.45) is 0 Å². The maximum absolute atomic E-state index is 12.4. The van der Waals surface area contributed by atoms with Crippen molar-refractivity contribution in [3.8, 4) is 0 Å². The number of amides is 1. The number of para-hydroxylation sites is 2. The second-order valence-electron chi connectivity index (χ2n) is 5.24. The molecule has 112 valence electrons. The summed E-state index contributed by atoms with van der Waals surface area (Å²) >= 11 is 5.83. The lowest BCUT2D eigenvalue weighted by Gasteiger charge is -2.33. The Morgan fingerprint density at radius 3 is 2.59 bits per heavy atom. The Bertz CT molecular complexity index is 728. The van der Waals surface area contributed by atoms with Gasteiger partial charge in [-0.25, -0.2) is 0 Å². The van der Waals surface area contributed by atoms with E-state index in [1.165, 1.54) is 4.90 Å². The standard InChI is InChI=1S/C17H15ClN2O2/c1-11-17(22)20(15-5-3-2-4-14(15)19-11)10-16(21)12-6-8-13(18)9-7-12/h2-9,11,19H,10H2,1H3. The summed E-state index contributed by atoms with van der Waals surface area (Å²) in [5.74, 6) is -0.227. The lowest BCUT2D eigenvalue weighted by atomic mass is 10.1. The van der Waals surface area contributed by atoms with Crippen LogP contribution in [0.1, 0.15) is 17.3 Å². The highest BCUT2D eigenvalue weighted by Gasteiger charge is 2.30. The van der Waals surface area contributed by atoms with Crippen molar-refractivity contribution >= 4 is 34.7 Å². The third kappa shape index (κ3) is 2.70. The quantitative estimate of drug-likeness (QED) is 0.884. The first-order chi connectivity index (χ1) is 10.6. The number of carbonyl (C=O) groups is 2. The van der Waals surface area contributed by atoms with E-state index < -0.39 is 0 Å². The molecular weight excluding hydrogens is 300 g/mol. The molecule has 0 saturated heterocycles. The molecule has 2 aromatic carbocycles. The van der Waals surface area contributed by atoms with Crippen LogP contribution < -0.4 is 10.2 Å². The summed E-state index contributed by atoms with van der Waals surface area (Å²) in [7, 11) is 0. The molecule has 1 heterocycles. The molecule has 1 unspecified atom stereocenters. The molecule has 0 saturated carbocycles. The number of nitrogens with one attached hydrogen (secondary N) is 1. The molecule has 0 fully saturated rings. The summed E-state index contributed by atoms with van der Waals surface area (Å²) < 4.78 is 0. The van der Waals surface area contributed by atoms with Crippen molar-refractivity contribution in [2.45, 2.75) is 13.0 Å². The minimum Gasteiger partial charge on any atom is -0.372 e. The minimum absolute atomic E-state index is 0.0174. The first kappa shape index (κ1) is 14.6. The van der Waals surface area contributed by atoms with Crippen LogP contribution in [0.2, 0.25) is 5.02 Å². The largest absolute Gasteiger partial charge is 0.372 e. The summed E-state index contributed by atoms with van der Waals surface area (Å²) in [6, 6.07) is 13.8. The minimum atomic E-state index is -0.354. The van der Waals surface area contributed by atoms with E-state index >= 15 is 0 Å². The van der Waals surface area contributed by atoms with Gasteiger partial charge < -0.3 is 10.2 Å². The van der Waals surface area contributed by atoms with E-state index in [4.69, 9.17) is 11.6 Å². The van der Waals surface area contributed by atoms with Gasteiger partial charge in [0.25, 0.3) is 0 Å². The van der Waals surface area contributed by atoms with E-state index in [1.54, 1.807) is 31.2 Å². The van der Waals surface area contributed by atoms with Gasteiger partial charge in [-0.3, -0.25) is 9.59 Å². The number of Topliss-reactive ketones (excluding diaryl/α,β-unsaturated/α-hetero) is 1. The van der Waals surface area contributed by atoms with Crippen molar-refractivity contribution in [1.82, 2.24) is 0 Å². The van der Waals surface area contributed by atoms with E-state index in [-0.39, 0.29) is 24.3 Å². The van der Waals surface area contributed by atoms with E-state index in [0.29, 0.717) is 10.6 Å². The fraction of sp³-hybridized carbons (Fsp3) is 0.176. The summed E-state index contributed by atoms with van der Waals surface area (Å²) in [6.07, 6.45) is 0. The molecule has 0 spiro atoms. The molecule has 1 N–H and O–H groups in total. The highest BCUT2D eigenvalue weighted by atomic mass is 35.5. The molecule has 3 rings (SSSR count). The van der Waals surface area contributed by atoms with Gasteiger partial charge >= 0.3 is 0 Å². The van der Waals surface area contributed by atoms with Crippen molar-refractivity contribution in [2.75, 3.05) is 16.8 Å². The summed E-state index contributed by atoms with van der Waals surface area (Å²) in [4.78, 5) is 26.4. The molecule has 5 heteroatoms. The van der Waals surface area contributed by atoms with Gasteiger partial charge in [0, 0.05) is 10.6 Å². The number of halogens is 1. The average Bonchev–Trinajstić information content (AvgIpc) is 2.52. The van der Waals surface area contributed by atoms with Crippen LogP contribution in [0.4, 0.5) is 11.4 Å². The van der Waals surface area contributed by atoms with Gasteiger partial charge in [-0.2, -0.15) is 0 Å². The molecule has 0 aliphatic carbocycles. The van der Waals surface area contributed by atoms with Crippen LogP contribution in [0.3, 0.4) is 0 Å². The van der Waals surface area contributed by atoms with Crippen molar-refractivity contribution < 1.29 is 9.59 Å². The van der Waals surface area contributed by atoms with Crippen LogP contribution in [0.5, 0.6) is 0 Å². The van der Waals surface area contributed by atoms with E-state index in [2.05, 4.69) is 5.32 Å². The third-order valence-corrected chi connectivity index (χ3v) is 3.92. The smallest absolute Gasteiger partial charge is 0.249 e. The zero-order chi connectivity index (χ0) is 15.7. The summed E-state index contributed by atoms with van der Waals surface area (Å²) in [5.41, 5.74) is 2.13. The second kappa shape index (κ2) is 5.81. The van der Waals surface area contributed by atoms with Gasteiger partial charge in [0.2, 0.25) is 5.91 Å². The Hall–Kier alpha value is -2.33. The fourth-order valence-corrected chi connectivity index (χ4v) is 2.64. The highest BCUT2D eigenvalue weighted by Crippen LogP contribution is 2.31. The van der Waals surface area contributed by atoms with Gasteiger partial charge in [-0.15, -0.1) is 0 Å². The lowest BCUT2D eigenvalue weighted by Crippen LogP contribution is -2.47. The Balaban J connectivity index is 1.89. The zero-order valence-electron chi connectivity index (χ0n) is 12.0. The molecule has 1 aliphatic heterocycles. The van der Waals surface area contributed by atoms with Crippen LogP contribution in [0, 0.1) is 0 Å². The van der Waals surface area contributed by atoms with Crippen LogP contribution in [0.25, 0.3) is 0 Å². The number of anilines is 2. The van der Waals surface area contributed by atoms with Crippen molar-refractivity contribution in [1.29, 1.82) is 0 Å². The van der Waals surface area contributed by atoms with Crippen molar-refractivity contribution in [3.63, 3.8) is 0 Å². The van der Waals surface area contributed by atoms with E-state index in [9.17, 15) is 9.59 Å². The predicted molar refractivity (Wildman–Crippen MR) is 87.7 cm³/mol. The molecule has 2 aromatic rings. The van der Waals surface area contributed by atoms with Gasteiger partial charge in [0.15, 0.2) is 5.78 Å². The maximum Gasteiger partial charge on any atom is 0.249 e. The molecule has 0 aromatic heterocycles. The van der Waals surface area contributed by atoms with Crippen molar-refractivity contribution in [3.05, 3.63) is 59.1 Å². The van der Waals surface area contributed by atoms with Crippen LogP contribution in [-0.4, -0.2) is 24.3 Å². The first-order valence-electron chi connectivity index (χ1n) is 7.02. The SMILES string of the molecule is CC1Nc2ccccc2N(CC(=O)c2ccc(Cl)cc2)C1=O. The van der Waals surface area contributed by atoms with E-state index in [0.717, 1.165) is 11.4 Å². The number of hydrogen-bond acceptors (Lipinski definition) is 3. The monoisotopic (exact) mass is 314 g/mol. The van der Waals surface area contributed by atoms with E-state index in [1.807, 2.05) is 24.3 Å². The lowest BCUT2D eigenvalue weighted by molar-refractivity contribution is -0.119. The van der Waals surface area contributed by atoms with Gasteiger partial charge in [-0.1, -0.05) is 23.7 Å². The molecule has 1 amide bonds. The van der Waals surface area contributed by atoms with Crippen LogP contribution in [0.15, 0.2) is 48.5 Å². The number of ketones is 1. The number of benzene rings is 2. The number of carbonyl (C=O) groups excluding carboxylic acids is 2. The second-order valence-corrected chi connectivity index (χ2v) is 5.67. The Kier molecular flexibility index (Phi) is 3.86. The number of nitrogens with zero attached hydrogens (tertiary/aromatic N) is 1. The Labute approximate surface area is 133 Å². The first-order valence-corrected chi connectivity index (χ1v) is 7.40. The predicted octanol–water partition coefficient (Wildman–Crippen LogP) is 3.37. The fourth-order valence-electron chi connectivity index (χ4n) is 2.51. The number of hydrogen-bond donors (Lipinski definition) is 1.